The Morgan fingerprint density at radius 3 is 2.05 bits per heavy atom. The van der Waals surface area contributed by atoms with E-state index in [-0.39, 0.29) is 11.5 Å². The molecule has 0 aromatic heterocycles. The first-order chi connectivity index (χ1) is 10.4. The van der Waals surface area contributed by atoms with Crippen molar-refractivity contribution in [2.75, 3.05) is 0 Å². The number of benzene rings is 2. The molecule has 0 aliphatic carbocycles. The monoisotopic (exact) mass is 357 g/mol. The van der Waals surface area contributed by atoms with E-state index < -0.39 is 15.7 Å². The summed E-state index contributed by atoms with van der Waals surface area (Å²) in [5, 5.41) is 9.34. The Kier molecular flexibility index (Phi) is 5.40. The predicted octanol–water partition coefficient (Wildman–Crippen LogP) is 5.02. The van der Waals surface area contributed by atoms with Gasteiger partial charge in [-0.15, -0.1) is 23.2 Å². The highest BCUT2D eigenvalue weighted by Crippen LogP contribution is 2.31. The van der Waals surface area contributed by atoms with E-state index in [9.17, 15) is 14.9 Å². The van der Waals surface area contributed by atoms with E-state index in [4.69, 9.17) is 34.8 Å². The van der Waals surface area contributed by atoms with Gasteiger partial charge >= 0.3 is 0 Å². The number of nitro groups is 1. The van der Waals surface area contributed by atoms with Crippen LogP contribution >= 0.6 is 34.8 Å². The van der Waals surface area contributed by atoms with Gasteiger partial charge < -0.3 is 0 Å². The Labute approximate surface area is 141 Å². The van der Waals surface area contributed by atoms with Gasteiger partial charge in [0, 0.05) is 22.7 Å². The number of nitrogens with zero attached hydrogens (tertiary/aromatic N) is 1. The summed E-state index contributed by atoms with van der Waals surface area (Å²) in [6.07, 6.45) is 0. The van der Waals surface area contributed by atoms with Gasteiger partial charge in [-0.25, -0.2) is 0 Å². The summed E-state index contributed by atoms with van der Waals surface area (Å²) in [4.78, 5) is 22.4. The van der Waals surface area contributed by atoms with E-state index in [0.717, 1.165) is 0 Å². The molecule has 0 saturated heterocycles. The van der Waals surface area contributed by atoms with Crippen LogP contribution in [0.5, 0.6) is 0 Å². The van der Waals surface area contributed by atoms with Gasteiger partial charge in [0.15, 0.2) is 5.78 Å². The summed E-state index contributed by atoms with van der Waals surface area (Å²) in [5.74, 6) is -0.336. The molecule has 0 aliphatic rings. The van der Waals surface area contributed by atoms with Crippen LogP contribution in [-0.2, 0) is 0 Å². The molecule has 2 rings (SSSR count). The van der Waals surface area contributed by atoms with Crippen LogP contribution in [0.1, 0.15) is 21.3 Å². The highest BCUT2D eigenvalue weighted by atomic mass is 35.5. The Balaban J connectivity index is 2.17. The molecule has 2 atom stereocenters. The summed E-state index contributed by atoms with van der Waals surface area (Å²) in [7, 11) is 0. The minimum atomic E-state index is -0.996. The predicted molar refractivity (Wildman–Crippen MR) is 87.1 cm³/mol. The van der Waals surface area contributed by atoms with Gasteiger partial charge in [-0.1, -0.05) is 23.7 Å². The number of Topliss-reactive ketones (excluding diaryl/α,β-unsaturated/α-hetero) is 1. The van der Waals surface area contributed by atoms with Gasteiger partial charge in [0.05, 0.1) is 10.3 Å². The number of hydrogen-bond acceptors (Lipinski definition) is 3. The summed E-state index contributed by atoms with van der Waals surface area (Å²) >= 11 is 18.1. The van der Waals surface area contributed by atoms with Crippen LogP contribution in [0.2, 0.25) is 5.02 Å². The molecule has 2 aromatic carbocycles. The van der Waals surface area contributed by atoms with Crippen molar-refractivity contribution in [1.29, 1.82) is 0 Å². The van der Waals surface area contributed by atoms with Crippen molar-refractivity contribution in [3.05, 3.63) is 74.8 Å². The van der Waals surface area contributed by atoms with Crippen molar-refractivity contribution >= 4 is 46.3 Å². The van der Waals surface area contributed by atoms with Crippen molar-refractivity contribution in [3.8, 4) is 0 Å². The summed E-state index contributed by atoms with van der Waals surface area (Å²) in [6, 6.07) is 11.9. The van der Waals surface area contributed by atoms with Crippen molar-refractivity contribution < 1.29 is 9.72 Å². The Bertz CT molecular complexity index is 686. The molecule has 0 heterocycles. The molecule has 0 bridgehead atoms. The van der Waals surface area contributed by atoms with E-state index in [1.807, 2.05) is 0 Å². The quantitative estimate of drug-likeness (QED) is 0.326. The largest absolute Gasteiger partial charge is 0.292 e. The fourth-order valence-corrected chi connectivity index (χ4v) is 2.51. The highest BCUT2D eigenvalue weighted by Gasteiger charge is 2.27. The third-order valence-corrected chi connectivity index (χ3v) is 4.39. The third kappa shape index (κ3) is 3.77. The summed E-state index contributed by atoms with van der Waals surface area (Å²) in [5.41, 5.74) is 0.884. The van der Waals surface area contributed by atoms with Gasteiger partial charge in [0.1, 0.15) is 5.38 Å². The maximum Gasteiger partial charge on any atom is 0.269 e. The van der Waals surface area contributed by atoms with Crippen LogP contribution in [0.4, 0.5) is 5.69 Å². The fourth-order valence-electron chi connectivity index (χ4n) is 1.86. The second kappa shape index (κ2) is 7.09. The van der Waals surface area contributed by atoms with Crippen LogP contribution in [-0.4, -0.2) is 16.1 Å². The SMILES string of the molecule is O=C(c1ccc(Cl)cc1)C(Cl)C(Cl)c1ccc([N+](=O)[O-])cc1. The zero-order valence-electron chi connectivity index (χ0n) is 11.1. The Morgan fingerprint density at radius 1 is 1.00 bits per heavy atom. The lowest BCUT2D eigenvalue weighted by Gasteiger charge is -2.15. The topological polar surface area (TPSA) is 60.2 Å². The average molecular weight is 359 g/mol. The van der Waals surface area contributed by atoms with Gasteiger partial charge in [-0.05, 0) is 29.8 Å². The molecule has 0 fully saturated rings. The molecular formula is C15H10Cl3NO3. The summed E-state index contributed by atoms with van der Waals surface area (Å²) in [6.45, 7) is 0. The molecular weight excluding hydrogens is 349 g/mol. The van der Waals surface area contributed by atoms with Crippen LogP contribution < -0.4 is 0 Å². The minimum Gasteiger partial charge on any atom is -0.292 e. The number of carbonyl (C=O) groups excluding carboxylic acids is 1. The first-order valence-electron chi connectivity index (χ1n) is 6.22. The molecule has 114 valence electrons. The van der Waals surface area contributed by atoms with Gasteiger partial charge in [-0.3, -0.25) is 14.9 Å². The molecule has 0 aliphatic heterocycles. The van der Waals surface area contributed by atoms with Crippen molar-refractivity contribution in [2.24, 2.45) is 0 Å². The fraction of sp³-hybridized carbons (Fsp3) is 0.133. The maximum atomic E-state index is 12.3. The standard InChI is InChI=1S/C15H10Cl3NO3/c16-11-5-1-10(2-6-11)15(20)14(18)13(17)9-3-7-12(8-4-9)19(21)22/h1-8,13-14H. The molecule has 2 aromatic rings. The normalized spacial score (nSPS) is 13.4. The number of alkyl halides is 2. The second-order valence-corrected chi connectivity index (χ2v) is 5.90. The highest BCUT2D eigenvalue weighted by molar-refractivity contribution is 6.39. The number of hydrogen-bond donors (Lipinski definition) is 0. The number of carbonyl (C=O) groups is 1. The molecule has 0 saturated carbocycles. The third-order valence-electron chi connectivity index (χ3n) is 3.06. The molecule has 2 unspecified atom stereocenters. The molecule has 0 radical (unpaired) electrons. The van der Waals surface area contributed by atoms with Gasteiger partial charge in [-0.2, -0.15) is 0 Å². The molecule has 0 spiro atoms. The van der Waals surface area contributed by atoms with E-state index in [1.54, 1.807) is 24.3 Å². The van der Waals surface area contributed by atoms with Crippen LogP contribution in [0.3, 0.4) is 0 Å². The van der Waals surface area contributed by atoms with Crippen molar-refractivity contribution in [3.63, 3.8) is 0 Å². The minimum absolute atomic E-state index is 0.0530. The van der Waals surface area contributed by atoms with E-state index in [2.05, 4.69) is 0 Å². The number of nitro benzene ring substituents is 1. The van der Waals surface area contributed by atoms with E-state index >= 15 is 0 Å². The maximum absolute atomic E-state index is 12.3. The zero-order chi connectivity index (χ0) is 16.3. The lowest BCUT2D eigenvalue weighted by molar-refractivity contribution is -0.384. The van der Waals surface area contributed by atoms with Crippen molar-refractivity contribution in [2.45, 2.75) is 10.8 Å². The molecule has 22 heavy (non-hydrogen) atoms. The van der Waals surface area contributed by atoms with Gasteiger partial charge in [0.2, 0.25) is 0 Å². The molecule has 0 N–H and O–H groups in total. The Morgan fingerprint density at radius 2 is 1.55 bits per heavy atom. The van der Waals surface area contributed by atoms with E-state index in [0.29, 0.717) is 16.1 Å². The van der Waals surface area contributed by atoms with Crippen LogP contribution in [0, 0.1) is 10.1 Å². The number of rotatable bonds is 5. The zero-order valence-corrected chi connectivity index (χ0v) is 13.3. The average Bonchev–Trinajstić information content (AvgIpc) is 2.53. The lowest BCUT2D eigenvalue weighted by atomic mass is 10.0. The second-order valence-electron chi connectivity index (χ2n) is 4.52. The number of halogens is 3. The van der Waals surface area contributed by atoms with E-state index in [1.165, 1.54) is 24.3 Å². The first-order valence-corrected chi connectivity index (χ1v) is 7.47. The smallest absolute Gasteiger partial charge is 0.269 e. The van der Waals surface area contributed by atoms with Crippen LogP contribution in [0.15, 0.2) is 48.5 Å². The van der Waals surface area contributed by atoms with Crippen molar-refractivity contribution in [1.82, 2.24) is 0 Å². The number of ketones is 1. The molecule has 0 amide bonds. The molecule has 7 heteroatoms. The lowest BCUT2D eigenvalue weighted by Crippen LogP contribution is -2.20. The van der Waals surface area contributed by atoms with Gasteiger partial charge in [0.25, 0.3) is 5.69 Å². The first kappa shape index (κ1) is 16.7. The Hall–Kier alpha value is -1.62. The summed E-state index contributed by atoms with van der Waals surface area (Å²) < 4.78 is 0. The molecule has 4 nitrogen and oxygen atoms in total. The van der Waals surface area contributed by atoms with Crippen LogP contribution in [0.25, 0.3) is 0 Å². The number of non-ortho nitro benzene ring substituents is 1.